The molecule has 0 aromatic carbocycles. The molecule has 0 fully saturated rings. The predicted molar refractivity (Wildman–Crippen MR) is 70.6 cm³/mol. The molecule has 5 N–H and O–H groups in total. The second kappa shape index (κ2) is 6.51. The van der Waals surface area contributed by atoms with Gasteiger partial charge in [-0.25, -0.2) is 13.6 Å². The van der Waals surface area contributed by atoms with E-state index in [1.807, 2.05) is 0 Å². The summed E-state index contributed by atoms with van der Waals surface area (Å²) in [5.74, 6) is 4.76. The van der Waals surface area contributed by atoms with E-state index >= 15 is 0 Å². The Balaban J connectivity index is 2.65. The lowest BCUT2D eigenvalue weighted by molar-refractivity contribution is 0.0960. The Morgan fingerprint density at radius 2 is 2.22 bits per heavy atom. The monoisotopic (exact) mass is 287 g/mol. The van der Waals surface area contributed by atoms with E-state index in [2.05, 4.69) is 17.2 Å². The van der Waals surface area contributed by atoms with Gasteiger partial charge >= 0.3 is 0 Å². The van der Waals surface area contributed by atoms with Gasteiger partial charge in [-0.3, -0.25) is 4.79 Å². The molecule has 0 bridgehead atoms. The van der Waals surface area contributed by atoms with Crippen molar-refractivity contribution in [2.45, 2.75) is 0 Å². The maximum absolute atomic E-state index is 11.7. The standard InChI is InChI=1S/C10H13N3O3S2/c11-4-1-2-8-3-6-17-9(8)10(14)13-5-7-18(12,15)16/h3,6H,4-5,7,11H2,(H,13,14)(H2,12,15,16). The van der Waals surface area contributed by atoms with Crippen molar-refractivity contribution in [1.29, 1.82) is 0 Å². The van der Waals surface area contributed by atoms with Crippen molar-refractivity contribution in [1.82, 2.24) is 5.32 Å². The van der Waals surface area contributed by atoms with E-state index in [0.717, 1.165) is 0 Å². The van der Waals surface area contributed by atoms with Gasteiger partial charge in [0.25, 0.3) is 5.91 Å². The number of nitrogens with one attached hydrogen (secondary N) is 1. The lowest BCUT2D eigenvalue weighted by Crippen LogP contribution is -2.31. The number of nitrogens with two attached hydrogens (primary N) is 2. The summed E-state index contributed by atoms with van der Waals surface area (Å²) < 4.78 is 21.4. The van der Waals surface area contributed by atoms with Crippen molar-refractivity contribution in [3.05, 3.63) is 21.9 Å². The van der Waals surface area contributed by atoms with Crippen LogP contribution in [0, 0.1) is 11.8 Å². The van der Waals surface area contributed by atoms with E-state index < -0.39 is 10.0 Å². The first-order valence-corrected chi connectivity index (χ1v) is 7.58. The molecule has 0 saturated heterocycles. The van der Waals surface area contributed by atoms with E-state index in [0.29, 0.717) is 10.4 Å². The van der Waals surface area contributed by atoms with Gasteiger partial charge in [-0.05, 0) is 11.4 Å². The molecule has 8 heteroatoms. The number of hydrogen-bond acceptors (Lipinski definition) is 5. The molecule has 1 aromatic rings. The minimum atomic E-state index is -3.57. The molecule has 18 heavy (non-hydrogen) atoms. The Bertz CT molecular complexity index is 581. The number of sulfonamides is 1. The number of primary sulfonamides is 1. The van der Waals surface area contributed by atoms with Gasteiger partial charge in [0.15, 0.2) is 0 Å². The molecule has 0 spiro atoms. The first kappa shape index (κ1) is 14.7. The largest absolute Gasteiger partial charge is 0.350 e. The van der Waals surface area contributed by atoms with Crippen LogP contribution in [0.25, 0.3) is 0 Å². The first-order chi connectivity index (χ1) is 8.44. The molecular weight excluding hydrogens is 274 g/mol. The van der Waals surface area contributed by atoms with Crippen LogP contribution < -0.4 is 16.2 Å². The van der Waals surface area contributed by atoms with Gasteiger partial charge in [-0.1, -0.05) is 11.8 Å². The zero-order valence-corrected chi connectivity index (χ0v) is 11.1. The van der Waals surface area contributed by atoms with E-state index in [-0.39, 0.29) is 24.7 Å². The molecule has 1 rings (SSSR count). The summed E-state index contributed by atoms with van der Waals surface area (Å²) >= 11 is 1.23. The van der Waals surface area contributed by atoms with E-state index in [1.54, 1.807) is 11.4 Å². The molecule has 0 aliphatic carbocycles. The summed E-state index contributed by atoms with van der Waals surface area (Å²) in [5, 5.41) is 9.03. The van der Waals surface area contributed by atoms with Gasteiger partial charge in [0, 0.05) is 12.1 Å². The molecule has 0 aliphatic rings. The Hall–Kier alpha value is -1.40. The van der Waals surface area contributed by atoms with Crippen LogP contribution in [0.5, 0.6) is 0 Å². The van der Waals surface area contributed by atoms with Gasteiger partial charge in [0.1, 0.15) is 4.88 Å². The molecular formula is C10H13N3O3S2. The topological polar surface area (TPSA) is 115 Å². The average molecular weight is 287 g/mol. The minimum Gasteiger partial charge on any atom is -0.350 e. The first-order valence-electron chi connectivity index (χ1n) is 4.99. The molecule has 0 saturated carbocycles. The van der Waals surface area contributed by atoms with Crippen molar-refractivity contribution >= 4 is 27.3 Å². The third-order valence-electron chi connectivity index (χ3n) is 1.87. The molecule has 98 valence electrons. The maximum atomic E-state index is 11.7. The minimum absolute atomic E-state index is 0.0284. The Morgan fingerprint density at radius 1 is 1.50 bits per heavy atom. The van der Waals surface area contributed by atoms with Gasteiger partial charge in [0.2, 0.25) is 10.0 Å². The summed E-state index contributed by atoms with van der Waals surface area (Å²) in [4.78, 5) is 12.2. The second-order valence-electron chi connectivity index (χ2n) is 3.29. The summed E-state index contributed by atoms with van der Waals surface area (Å²) in [6.07, 6.45) is 0. The Morgan fingerprint density at radius 3 is 2.83 bits per heavy atom. The number of amides is 1. The SMILES string of the molecule is NCC#Cc1ccsc1C(=O)NCCS(N)(=O)=O. The van der Waals surface area contributed by atoms with E-state index in [1.165, 1.54) is 11.3 Å². The summed E-state index contributed by atoms with van der Waals surface area (Å²) in [6.45, 7) is 0.182. The van der Waals surface area contributed by atoms with Gasteiger partial charge in [-0.15, -0.1) is 11.3 Å². The number of hydrogen-bond donors (Lipinski definition) is 3. The van der Waals surface area contributed by atoms with Crippen LogP contribution in [0.1, 0.15) is 15.2 Å². The highest BCUT2D eigenvalue weighted by molar-refractivity contribution is 7.89. The summed E-state index contributed by atoms with van der Waals surface area (Å²) in [6, 6.07) is 1.71. The van der Waals surface area contributed by atoms with Crippen molar-refractivity contribution in [2.75, 3.05) is 18.8 Å². The lowest BCUT2D eigenvalue weighted by Gasteiger charge is -2.02. The number of carbonyl (C=O) groups excluding carboxylic acids is 1. The predicted octanol–water partition coefficient (Wildman–Crippen LogP) is -0.923. The van der Waals surface area contributed by atoms with Crippen molar-refractivity contribution in [3.63, 3.8) is 0 Å². The number of rotatable bonds is 4. The van der Waals surface area contributed by atoms with Crippen LogP contribution in [0.4, 0.5) is 0 Å². The molecule has 1 amide bonds. The summed E-state index contributed by atoms with van der Waals surface area (Å²) in [5.41, 5.74) is 5.83. The van der Waals surface area contributed by atoms with E-state index in [4.69, 9.17) is 10.9 Å². The highest BCUT2D eigenvalue weighted by atomic mass is 32.2. The summed E-state index contributed by atoms with van der Waals surface area (Å²) in [7, 11) is -3.57. The van der Waals surface area contributed by atoms with Crippen LogP contribution >= 0.6 is 11.3 Å². The third-order valence-corrected chi connectivity index (χ3v) is 3.56. The molecule has 6 nitrogen and oxygen atoms in total. The molecule has 0 aliphatic heterocycles. The number of carbonyl (C=O) groups is 1. The quantitative estimate of drug-likeness (QED) is 0.621. The van der Waals surface area contributed by atoms with E-state index in [9.17, 15) is 13.2 Å². The second-order valence-corrected chi connectivity index (χ2v) is 5.94. The lowest BCUT2D eigenvalue weighted by atomic mass is 10.2. The van der Waals surface area contributed by atoms with Gasteiger partial charge < -0.3 is 11.1 Å². The molecule has 0 atom stereocenters. The molecule has 0 unspecified atom stereocenters. The van der Waals surface area contributed by atoms with Crippen LogP contribution in [0.3, 0.4) is 0 Å². The van der Waals surface area contributed by atoms with Crippen molar-refractivity contribution < 1.29 is 13.2 Å². The van der Waals surface area contributed by atoms with Crippen molar-refractivity contribution in [2.24, 2.45) is 10.9 Å². The molecule has 1 heterocycles. The van der Waals surface area contributed by atoms with Gasteiger partial charge in [-0.2, -0.15) is 0 Å². The fraction of sp³-hybridized carbons (Fsp3) is 0.300. The van der Waals surface area contributed by atoms with Gasteiger partial charge in [0.05, 0.1) is 12.3 Å². The average Bonchev–Trinajstić information content (AvgIpc) is 2.72. The smallest absolute Gasteiger partial charge is 0.262 e. The fourth-order valence-electron chi connectivity index (χ4n) is 1.12. The highest BCUT2D eigenvalue weighted by Crippen LogP contribution is 2.15. The number of thiophene rings is 1. The van der Waals surface area contributed by atoms with Crippen LogP contribution in [0.15, 0.2) is 11.4 Å². The normalized spacial score (nSPS) is 10.6. The zero-order chi connectivity index (χ0) is 13.6. The van der Waals surface area contributed by atoms with Crippen LogP contribution in [-0.4, -0.2) is 33.2 Å². The van der Waals surface area contributed by atoms with Crippen LogP contribution in [-0.2, 0) is 10.0 Å². The highest BCUT2D eigenvalue weighted by Gasteiger charge is 2.12. The Kier molecular flexibility index (Phi) is 5.30. The Labute approximate surface area is 109 Å². The van der Waals surface area contributed by atoms with Crippen molar-refractivity contribution in [3.8, 4) is 11.8 Å². The van der Waals surface area contributed by atoms with Crippen LogP contribution in [0.2, 0.25) is 0 Å². The third kappa shape index (κ3) is 4.85. The molecule has 0 radical (unpaired) electrons. The maximum Gasteiger partial charge on any atom is 0.262 e. The zero-order valence-electron chi connectivity index (χ0n) is 9.47. The fourth-order valence-corrected chi connectivity index (χ4v) is 2.27. The molecule has 1 aromatic heterocycles.